The molecule has 0 spiro atoms. The molecule has 2 amide bonds. The van der Waals surface area contributed by atoms with Crippen molar-refractivity contribution in [2.24, 2.45) is 0 Å². The van der Waals surface area contributed by atoms with Crippen molar-refractivity contribution in [1.29, 1.82) is 0 Å². The van der Waals surface area contributed by atoms with Crippen molar-refractivity contribution in [1.82, 2.24) is 0 Å². The molecule has 2 rings (SSSR count). The van der Waals surface area contributed by atoms with Gasteiger partial charge in [0.15, 0.2) is 0 Å². The van der Waals surface area contributed by atoms with E-state index in [0.29, 0.717) is 11.4 Å². The molecular formula is C19H20N2O5. The Balaban J connectivity index is 2.04. The summed E-state index contributed by atoms with van der Waals surface area (Å²) in [4.78, 5) is 36.0. The third-order valence-electron chi connectivity index (χ3n) is 3.56. The Morgan fingerprint density at radius 3 is 2.23 bits per heavy atom. The van der Waals surface area contributed by atoms with Crippen LogP contribution in [0.5, 0.6) is 5.75 Å². The molecule has 0 aliphatic heterocycles. The minimum Gasteiger partial charge on any atom is -0.495 e. The van der Waals surface area contributed by atoms with Gasteiger partial charge in [0.1, 0.15) is 12.2 Å². The highest BCUT2D eigenvalue weighted by Gasteiger charge is 2.16. The summed E-state index contributed by atoms with van der Waals surface area (Å²) in [6.45, 7) is 1.88. The molecule has 0 saturated carbocycles. The van der Waals surface area contributed by atoms with Crippen molar-refractivity contribution < 1.29 is 23.9 Å². The molecule has 0 saturated heterocycles. The van der Waals surface area contributed by atoms with Gasteiger partial charge in [-0.1, -0.05) is 18.2 Å². The third kappa shape index (κ3) is 4.83. The van der Waals surface area contributed by atoms with E-state index in [1.807, 2.05) is 13.0 Å². The topological polar surface area (TPSA) is 93.7 Å². The molecule has 2 aromatic carbocycles. The van der Waals surface area contributed by atoms with Crippen LogP contribution in [-0.2, 0) is 14.3 Å². The Bertz CT molecular complexity index is 832. The molecular weight excluding hydrogens is 336 g/mol. The maximum atomic E-state index is 12.1. The molecule has 0 bridgehead atoms. The van der Waals surface area contributed by atoms with Gasteiger partial charge in [-0.15, -0.1) is 0 Å². The zero-order valence-corrected chi connectivity index (χ0v) is 14.8. The number of methoxy groups -OCH3 is 2. The summed E-state index contributed by atoms with van der Waals surface area (Å²) in [5, 5.41) is 5.20. The molecule has 0 aromatic heterocycles. The van der Waals surface area contributed by atoms with Gasteiger partial charge in [0.25, 0.3) is 0 Å². The number of hydrogen-bond donors (Lipinski definition) is 2. The minimum atomic E-state index is -0.574. The van der Waals surface area contributed by atoms with Gasteiger partial charge in [-0.2, -0.15) is 0 Å². The van der Waals surface area contributed by atoms with Crippen LogP contribution in [0.2, 0.25) is 0 Å². The van der Waals surface area contributed by atoms with Crippen molar-refractivity contribution in [2.75, 3.05) is 24.9 Å². The normalized spacial score (nSPS) is 9.96. The standard InChI is InChI=1S/C19H20N2O5/c1-12-8-9-16(25-2)15(10-12)21-18(23)11-17(22)20-14-7-5-4-6-13(14)19(24)26-3/h4-10H,11H2,1-3H3,(H,20,22)(H,21,23). The number of benzene rings is 2. The summed E-state index contributed by atoms with van der Waals surface area (Å²) >= 11 is 0. The predicted octanol–water partition coefficient (Wildman–Crippen LogP) is 2.76. The van der Waals surface area contributed by atoms with Gasteiger partial charge in [0.2, 0.25) is 11.8 Å². The molecule has 0 aliphatic carbocycles. The van der Waals surface area contributed by atoms with Crippen LogP contribution in [0.25, 0.3) is 0 Å². The molecule has 0 heterocycles. The highest BCUT2D eigenvalue weighted by atomic mass is 16.5. The lowest BCUT2D eigenvalue weighted by atomic mass is 10.1. The highest BCUT2D eigenvalue weighted by Crippen LogP contribution is 2.25. The molecule has 7 heteroatoms. The van der Waals surface area contributed by atoms with Gasteiger partial charge < -0.3 is 20.1 Å². The molecule has 26 heavy (non-hydrogen) atoms. The first kappa shape index (κ1) is 19.0. The van der Waals surface area contributed by atoms with Crippen LogP contribution < -0.4 is 15.4 Å². The van der Waals surface area contributed by atoms with E-state index < -0.39 is 24.2 Å². The van der Waals surface area contributed by atoms with E-state index in [1.54, 1.807) is 30.3 Å². The van der Waals surface area contributed by atoms with E-state index in [4.69, 9.17) is 4.74 Å². The largest absolute Gasteiger partial charge is 0.495 e. The number of carbonyl (C=O) groups is 3. The number of nitrogens with one attached hydrogen (secondary N) is 2. The fourth-order valence-corrected chi connectivity index (χ4v) is 2.33. The smallest absolute Gasteiger partial charge is 0.339 e. The monoisotopic (exact) mass is 356 g/mol. The number of ether oxygens (including phenoxy) is 2. The predicted molar refractivity (Wildman–Crippen MR) is 97.4 cm³/mol. The Labute approximate surface area is 151 Å². The average molecular weight is 356 g/mol. The maximum absolute atomic E-state index is 12.1. The van der Waals surface area contributed by atoms with Crippen molar-refractivity contribution in [2.45, 2.75) is 13.3 Å². The summed E-state index contributed by atoms with van der Waals surface area (Å²) in [7, 11) is 2.75. The maximum Gasteiger partial charge on any atom is 0.339 e. The van der Waals surface area contributed by atoms with Gasteiger partial charge in [-0.25, -0.2) is 4.79 Å². The highest BCUT2D eigenvalue weighted by molar-refractivity contribution is 6.10. The van der Waals surface area contributed by atoms with Gasteiger partial charge in [0.05, 0.1) is 31.2 Å². The fourth-order valence-electron chi connectivity index (χ4n) is 2.33. The fraction of sp³-hybridized carbons (Fsp3) is 0.211. The molecule has 0 radical (unpaired) electrons. The minimum absolute atomic E-state index is 0.212. The van der Waals surface area contributed by atoms with Crippen molar-refractivity contribution in [3.05, 3.63) is 53.6 Å². The number of esters is 1. The second kappa shape index (κ2) is 8.66. The van der Waals surface area contributed by atoms with Gasteiger partial charge in [0, 0.05) is 0 Å². The molecule has 0 atom stereocenters. The summed E-state index contributed by atoms with van der Waals surface area (Å²) in [5.74, 6) is -1.12. The summed E-state index contributed by atoms with van der Waals surface area (Å²) in [5.41, 5.74) is 1.92. The third-order valence-corrected chi connectivity index (χ3v) is 3.56. The number of aryl methyl sites for hydroxylation is 1. The molecule has 0 unspecified atom stereocenters. The molecule has 7 nitrogen and oxygen atoms in total. The van der Waals surface area contributed by atoms with Crippen molar-refractivity contribution >= 4 is 29.2 Å². The van der Waals surface area contributed by atoms with Crippen LogP contribution in [0.1, 0.15) is 22.3 Å². The zero-order valence-electron chi connectivity index (χ0n) is 14.8. The Morgan fingerprint density at radius 2 is 1.58 bits per heavy atom. The van der Waals surface area contributed by atoms with E-state index >= 15 is 0 Å². The van der Waals surface area contributed by atoms with Gasteiger partial charge in [-0.05, 0) is 36.8 Å². The summed E-state index contributed by atoms with van der Waals surface area (Å²) in [6.07, 6.45) is -0.410. The van der Waals surface area contributed by atoms with Crippen LogP contribution in [0.4, 0.5) is 11.4 Å². The second-order valence-electron chi connectivity index (χ2n) is 5.51. The average Bonchev–Trinajstić information content (AvgIpc) is 2.61. The van der Waals surface area contributed by atoms with E-state index in [1.165, 1.54) is 20.3 Å². The Morgan fingerprint density at radius 1 is 0.923 bits per heavy atom. The molecule has 2 N–H and O–H groups in total. The summed E-state index contributed by atoms with van der Waals surface area (Å²) < 4.78 is 9.86. The van der Waals surface area contributed by atoms with Crippen LogP contribution in [0, 0.1) is 6.92 Å². The number of para-hydroxylation sites is 1. The first-order valence-electron chi connectivity index (χ1n) is 7.86. The van der Waals surface area contributed by atoms with Crippen LogP contribution in [-0.4, -0.2) is 32.0 Å². The first-order valence-corrected chi connectivity index (χ1v) is 7.86. The lowest BCUT2D eigenvalue weighted by Gasteiger charge is -2.12. The van der Waals surface area contributed by atoms with Crippen molar-refractivity contribution in [3.8, 4) is 5.75 Å². The number of hydrogen-bond acceptors (Lipinski definition) is 5. The lowest BCUT2D eigenvalue weighted by Crippen LogP contribution is -2.22. The second-order valence-corrected chi connectivity index (χ2v) is 5.51. The molecule has 136 valence electrons. The number of rotatable bonds is 6. The number of anilines is 2. The summed E-state index contributed by atoms with van der Waals surface area (Å²) in [6, 6.07) is 11.7. The van der Waals surface area contributed by atoms with E-state index in [2.05, 4.69) is 15.4 Å². The Hall–Kier alpha value is -3.35. The quantitative estimate of drug-likeness (QED) is 0.613. The SMILES string of the molecule is COC(=O)c1ccccc1NC(=O)CC(=O)Nc1cc(C)ccc1OC. The van der Waals surface area contributed by atoms with E-state index in [9.17, 15) is 14.4 Å². The van der Waals surface area contributed by atoms with Crippen LogP contribution in [0.15, 0.2) is 42.5 Å². The zero-order chi connectivity index (χ0) is 19.1. The first-order chi connectivity index (χ1) is 12.4. The van der Waals surface area contributed by atoms with Crippen molar-refractivity contribution in [3.63, 3.8) is 0 Å². The molecule has 0 fully saturated rings. The van der Waals surface area contributed by atoms with Crippen LogP contribution >= 0.6 is 0 Å². The van der Waals surface area contributed by atoms with E-state index in [0.717, 1.165) is 5.56 Å². The number of carbonyl (C=O) groups excluding carboxylic acids is 3. The Kier molecular flexibility index (Phi) is 6.32. The van der Waals surface area contributed by atoms with Gasteiger partial charge >= 0.3 is 5.97 Å². The lowest BCUT2D eigenvalue weighted by molar-refractivity contribution is -0.123. The van der Waals surface area contributed by atoms with Gasteiger partial charge in [-0.3, -0.25) is 9.59 Å². The molecule has 2 aromatic rings. The van der Waals surface area contributed by atoms with Crippen LogP contribution in [0.3, 0.4) is 0 Å². The number of amides is 2. The van der Waals surface area contributed by atoms with E-state index in [-0.39, 0.29) is 11.3 Å². The molecule has 0 aliphatic rings.